The van der Waals surface area contributed by atoms with Gasteiger partial charge in [-0.2, -0.15) is 0 Å². The quantitative estimate of drug-likeness (QED) is 0.170. The first-order valence-corrected chi connectivity index (χ1v) is 17.4. The van der Waals surface area contributed by atoms with Gasteiger partial charge in [-0.05, 0) is 74.7 Å². The number of aryl methyl sites for hydroxylation is 4. The Hall–Kier alpha value is -6.80. The van der Waals surface area contributed by atoms with Gasteiger partial charge in [0.2, 0.25) is 5.95 Å². The molecule has 0 unspecified atom stereocenters. The minimum absolute atomic E-state index is 0.657. The maximum absolute atomic E-state index is 6.76. The van der Waals surface area contributed by atoms with Crippen LogP contribution in [0.15, 0.2) is 128 Å². The molecule has 5 heterocycles. The Morgan fingerprint density at radius 2 is 1.31 bits per heavy atom. The van der Waals surface area contributed by atoms with Crippen LogP contribution in [0.4, 0.5) is 0 Å². The third kappa shape index (κ3) is 4.40. The molecule has 10 aromatic rings. The minimum Gasteiger partial charge on any atom is -0.455 e. The number of para-hydroxylation sites is 3. The van der Waals surface area contributed by atoms with Gasteiger partial charge in [-0.25, -0.2) is 9.97 Å². The molecule has 0 amide bonds. The smallest absolute Gasteiger partial charge is 0.219 e. The monoisotopic (exact) mass is 675 g/mol. The number of hydrogen-bond acceptors (Lipinski definition) is 5. The van der Waals surface area contributed by atoms with Crippen LogP contribution >= 0.6 is 0 Å². The molecule has 0 N–H and O–H groups in total. The summed E-state index contributed by atoms with van der Waals surface area (Å²) in [6, 6.07) is 39.8. The number of benzene rings is 5. The first-order valence-electron chi connectivity index (χ1n) is 17.4. The average molecular weight is 676 g/mol. The Kier molecular flexibility index (Phi) is 6.57. The van der Waals surface area contributed by atoms with Gasteiger partial charge in [0, 0.05) is 45.6 Å². The van der Waals surface area contributed by atoms with Crippen molar-refractivity contribution >= 4 is 49.3 Å². The predicted molar refractivity (Wildman–Crippen MR) is 208 cm³/mol. The van der Waals surface area contributed by atoms with Crippen LogP contribution in [-0.4, -0.2) is 33.7 Å². The van der Waals surface area contributed by atoms with Crippen molar-refractivity contribution in [1.82, 2.24) is 33.7 Å². The molecule has 0 atom stereocenters. The number of hydrogen-bond donors (Lipinski definition) is 0. The molecule has 5 aromatic carbocycles. The second kappa shape index (κ2) is 11.4. The summed E-state index contributed by atoms with van der Waals surface area (Å²) in [4.78, 5) is 10.1. The largest absolute Gasteiger partial charge is 0.455 e. The summed E-state index contributed by atoms with van der Waals surface area (Å²) in [5, 5.41) is 13.6. The fourth-order valence-electron chi connectivity index (χ4n) is 7.80. The van der Waals surface area contributed by atoms with Crippen molar-refractivity contribution in [2.24, 2.45) is 0 Å². The molecule has 0 bridgehead atoms. The van der Waals surface area contributed by atoms with E-state index in [2.05, 4.69) is 119 Å². The molecule has 5 aromatic heterocycles. The second-order valence-electron chi connectivity index (χ2n) is 13.5. The summed E-state index contributed by atoms with van der Waals surface area (Å²) in [6.07, 6.45) is 3.90. The number of pyridine rings is 2. The zero-order chi connectivity index (χ0) is 35.1. The van der Waals surface area contributed by atoms with E-state index in [4.69, 9.17) is 24.9 Å². The van der Waals surface area contributed by atoms with Crippen molar-refractivity contribution < 1.29 is 4.74 Å². The van der Waals surface area contributed by atoms with Crippen LogP contribution in [0, 0.1) is 27.7 Å². The lowest BCUT2D eigenvalue weighted by Crippen LogP contribution is -2.07. The number of aromatic nitrogens is 7. The molecule has 0 aliphatic heterocycles. The zero-order valence-electron chi connectivity index (χ0n) is 29.2. The molecule has 8 heteroatoms. The average Bonchev–Trinajstić information content (AvgIpc) is 3.89. The molecule has 52 heavy (non-hydrogen) atoms. The highest BCUT2D eigenvalue weighted by molar-refractivity contribution is 6.11. The van der Waals surface area contributed by atoms with E-state index in [1.54, 1.807) is 0 Å². The molecule has 0 saturated heterocycles. The van der Waals surface area contributed by atoms with Gasteiger partial charge in [0.15, 0.2) is 11.5 Å². The van der Waals surface area contributed by atoms with Crippen molar-refractivity contribution in [2.45, 2.75) is 27.7 Å². The van der Waals surface area contributed by atoms with Crippen LogP contribution in [0.1, 0.15) is 22.4 Å². The first-order chi connectivity index (χ1) is 25.5. The summed E-state index contributed by atoms with van der Waals surface area (Å²) in [5.74, 6) is 2.97. The fourth-order valence-corrected chi connectivity index (χ4v) is 7.80. The van der Waals surface area contributed by atoms with Gasteiger partial charge in [-0.15, -0.1) is 10.2 Å². The van der Waals surface area contributed by atoms with Gasteiger partial charge in [0.05, 0.1) is 33.4 Å². The van der Waals surface area contributed by atoms with Crippen LogP contribution in [-0.2, 0) is 0 Å². The van der Waals surface area contributed by atoms with E-state index < -0.39 is 0 Å². The lowest BCUT2D eigenvalue weighted by Gasteiger charge is -2.16. The fraction of sp³-hybridized carbons (Fsp3) is 0.0909. The minimum atomic E-state index is 0.657. The molecule has 0 aliphatic carbocycles. The molecular formula is C44H33N7O. The van der Waals surface area contributed by atoms with Gasteiger partial charge >= 0.3 is 0 Å². The highest BCUT2D eigenvalue weighted by Gasteiger charge is 2.21. The van der Waals surface area contributed by atoms with Crippen molar-refractivity contribution in [3.05, 3.63) is 150 Å². The zero-order valence-corrected chi connectivity index (χ0v) is 29.2. The lowest BCUT2D eigenvalue weighted by molar-refractivity contribution is 0.477. The molecule has 0 aliphatic rings. The van der Waals surface area contributed by atoms with Gasteiger partial charge in [0.1, 0.15) is 11.5 Å². The molecule has 0 fully saturated rings. The van der Waals surface area contributed by atoms with E-state index in [1.807, 2.05) is 49.6 Å². The van der Waals surface area contributed by atoms with Crippen molar-refractivity contribution in [1.29, 1.82) is 0 Å². The molecule has 0 saturated carbocycles. The van der Waals surface area contributed by atoms with Crippen LogP contribution in [0.5, 0.6) is 11.5 Å². The van der Waals surface area contributed by atoms with E-state index >= 15 is 0 Å². The Labute approximate surface area is 299 Å². The van der Waals surface area contributed by atoms with E-state index in [0.29, 0.717) is 11.5 Å². The molecule has 8 nitrogen and oxygen atoms in total. The summed E-state index contributed by atoms with van der Waals surface area (Å²) in [5.41, 5.74) is 11.1. The topological polar surface area (TPSA) is 75.1 Å². The molecular weight excluding hydrogens is 643 g/mol. The third-order valence-electron chi connectivity index (χ3n) is 10.2. The Morgan fingerprint density at radius 1 is 0.596 bits per heavy atom. The maximum Gasteiger partial charge on any atom is 0.219 e. The van der Waals surface area contributed by atoms with Gasteiger partial charge in [-0.1, -0.05) is 78.9 Å². The SMILES string of the molecule is Cc1ccccc1-c1nnc2c3cc(Oc4ccc5c6ccccc6n(-c6nccn6-c6c(C)cccc6C)c5c4)c(C)nc3c3ccccc3n12. The van der Waals surface area contributed by atoms with E-state index in [1.165, 1.54) is 11.1 Å². The van der Waals surface area contributed by atoms with Crippen LogP contribution in [0.25, 0.3) is 72.3 Å². The number of nitrogens with zero attached hydrogens (tertiary/aromatic N) is 7. The van der Waals surface area contributed by atoms with Gasteiger partial charge < -0.3 is 4.74 Å². The van der Waals surface area contributed by atoms with Gasteiger partial charge in [0.25, 0.3) is 0 Å². The maximum atomic E-state index is 6.76. The number of ether oxygens (including phenoxy) is 1. The standard InChI is InChI=1S/C44H33N7O/c1-26-12-5-6-15-31(26)42-47-48-43-35-25-39(29(4)46-40(35)34-17-8-10-19-37(34)51(42)43)52-30-20-21-33-32-16-7-9-18-36(32)50(38(33)24-30)44-45-22-23-49(44)41-27(2)13-11-14-28(41)3/h5-25H,1-4H3. The molecule has 250 valence electrons. The van der Waals surface area contributed by atoms with Crippen molar-refractivity contribution in [2.75, 3.05) is 0 Å². The van der Waals surface area contributed by atoms with Crippen molar-refractivity contribution in [3.63, 3.8) is 0 Å². The van der Waals surface area contributed by atoms with Crippen LogP contribution in [0.3, 0.4) is 0 Å². The summed E-state index contributed by atoms with van der Waals surface area (Å²) in [7, 11) is 0. The third-order valence-corrected chi connectivity index (χ3v) is 10.2. The Morgan fingerprint density at radius 3 is 2.13 bits per heavy atom. The van der Waals surface area contributed by atoms with Crippen LogP contribution in [0.2, 0.25) is 0 Å². The summed E-state index contributed by atoms with van der Waals surface area (Å²) >= 11 is 0. The van der Waals surface area contributed by atoms with Crippen molar-refractivity contribution in [3.8, 4) is 34.5 Å². The van der Waals surface area contributed by atoms with E-state index in [9.17, 15) is 0 Å². The van der Waals surface area contributed by atoms with Crippen LogP contribution < -0.4 is 4.74 Å². The Balaban J connectivity index is 1.16. The number of imidazole rings is 1. The molecule has 0 spiro atoms. The summed E-state index contributed by atoms with van der Waals surface area (Å²) < 4.78 is 13.3. The highest BCUT2D eigenvalue weighted by Crippen LogP contribution is 2.39. The number of fused-ring (bicyclic) bond motifs is 9. The summed E-state index contributed by atoms with van der Waals surface area (Å²) in [6.45, 7) is 8.38. The number of rotatable bonds is 5. The highest BCUT2D eigenvalue weighted by atomic mass is 16.5. The first kappa shape index (κ1) is 30.1. The molecule has 0 radical (unpaired) electrons. The second-order valence-corrected chi connectivity index (χ2v) is 13.5. The Bertz CT molecular complexity index is 3040. The van der Waals surface area contributed by atoms with Gasteiger partial charge in [-0.3, -0.25) is 13.5 Å². The lowest BCUT2D eigenvalue weighted by atomic mass is 10.1. The normalized spacial score (nSPS) is 11.8. The molecule has 10 rings (SSSR count). The van der Waals surface area contributed by atoms with E-state index in [-0.39, 0.29) is 0 Å². The predicted octanol–water partition coefficient (Wildman–Crippen LogP) is 10.4. The van der Waals surface area contributed by atoms with E-state index in [0.717, 1.165) is 83.5 Å².